The van der Waals surface area contributed by atoms with E-state index in [-0.39, 0.29) is 43.7 Å². The molecule has 2 aromatic carbocycles. The van der Waals surface area contributed by atoms with Gasteiger partial charge in [-0.25, -0.2) is 14.6 Å². The molecule has 2 atom stereocenters. The molecule has 1 fully saturated rings. The molecule has 2 aliphatic rings. The number of carboxylic acids is 1. The Morgan fingerprint density at radius 3 is 2.40 bits per heavy atom. The second-order valence-corrected chi connectivity index (χ2v) is 8.37. The first-order valence-corrected chi connectivity index (χ1v) is 11.2. The van der Waals surface area contributed by atoms with Gasteiger partial charge < -0.3 is 29.6 Å². The van der Waals surface area contributed by atoms with Gasteiger partial charge in [0.25, 0.3) is 0 Å². The van der Waals surface area contributed by atoms with Crippen LogP contribution in [0.5, 0.6) is 0 Å². The predicted octanol–water partition coefficient (Wildman–Crippen LogP) is 2.54. The number of nitrogens with one attached hydrogen (secondary N) is 2. The molecule has 1 saturated heterocycles. The fourth-order valence-corrected chi connectivity index (χ4v) is 4.62. The van der Waals surface area contributed by atoms with Crippen molar-refractivity contribution in [2.45, 2.75) is 18.5 Å². The minimum Gasteiger partial charge on any atom is -0.476 e. The lowest BCUT2D eigenvalue weighted by Crippen LogP contribution is -2.46. The molecule has 0 spiro atoms. The van der Waals surface area contributed by atoms with Crippen molar-refractivity contribution in [3.8, 4) is 11.1 Å². The third-order valence-electron chi connectivity index (χ3n) is 6.33. The van der Waals surface area contributed by atoms with Crippen LogP contribution in [0.4, 0.5) is 4.79 Å². The van der Waals surface area contributed by atoms with Gasteiger partial charge in [0.15, 0.2) is 17.8 Å². The lowest BCUT2D eigenvalue weighted by atomic mass is 9.98. The standard InChI is InChI=1S/C25H23N3O7/c29-23(26-9-21-22(24(30)31)27-13-35-21)19-10-33-12-20(19)28-25(32)34-11-18-16-7-3-1-5-14(16)15-6-2-4-8-17(15)18/h1-8,13,18-20H,9-12H2,(H,26,29)(H,28,32)(H,30,31). The number of ether oxygens (including phenoxy) is 2. The number of amides is 2. The average molecular weight is 477 g/mol. The smallest absolute Gasteiger partial charge is 0.407 e. The predicted molar refractivity (Wildman–Crippen MR) is 122 cm³/mol. The molecular formula is C25H23N3O7. The average Bonchev–Trinajstić information content (AvgIpc) is 3.59. The zero-order valence-electron chi connectivity index (χ0n) is 18.6. The van der Waals surface area contributed by atoms with Crippen LogP contribution in [-0.2, 0) is 20.8 Å². The zero-order valence-corrected chi connectivity index (χ0v) is 18.6. The molecular weight excluding hydrogens is 454 g/mol. The highest BCUT2D eigenvalue weighted by Crippen LogP contribution is 2.44. The maximum absolute atomic E-state index is 12.7. The summed E-state index contributed by atoms with van der Waals surface area (Å²) in [6, 6.07) is 15.5. The summed E-state index contributed by atoms with van der Waals surface area (Å²) in [7, 11) is 0. The molecule has 2 heterocycles. The van der Waals surface area contributed by atoms with Crippen LogP contribution in [0.3, 0.4) is 0 Å². The van der Waals surface area contributed by atoms with Crippen molar-refractivity contribution in [3.05, 3.63) is 77.5 Å². The number of alkyl carbamates (subject to hydrolysis) is 1. The maximum atomic E-state index is 12.7. The van der Waals surface area contributed by atoms with E-state index < -0.39 is 29.9 Å². The lowest BCUT2D eigenvalue weighted by molar-refractivity contribution is -0.125. The molecule has 5 rings (SSSR count). The minimum atomic E-state index is -1.25. The number of carbonyl (C=O) groups is 3. The molecule has 1 aliphatic heterocycles. The molecule has 0 radical (unpaired) electrons. The van der Waals surface area contributed by atoms with Gasteiger partial charge in [0.2, 0.25) is 5.91 Å². The number of hydrogen-bond donors (Lipinski definition) is 3. The Kier molecular flexibility index (Phi) is 6.19. The normalized spacial score (nSPS) is 18.5. The van der Waals surface area contributed by atoms with Crippen molar-refractivity contribution >= 4 is 18.0 Å². The summed E-state index contributed by atoms with van der Waals surface area (Å²) in [6.45, 7) is 0.287. The molecule has 0 bridgehead atoms. The van der Waals surface area contributed by atoms with Gasteiger partial charge in [0.1, 0.15) is 6.61 Å². The van der Waals surface area contributed by atoms with Gasteiger partial charge in [-0.3, -0.25) is 4.79 Å². The van der Waals surface area contributed by atoms with Crippen molar-refractivity contribution in [1.82, 2.24) is 15.6 Å². The van der Waals surface area contributed by atoms with E-state index in [1.807, 2.05) is 36.4 Å². The third kappa shape index (κ3) is 4.47. The number of carbonyl (C=O) groups excluding carboxylic acids is 2. The number of rotatable bonds is 7. The van der Waals surface area contributed by atoms with Crippen molar-refractivity contribution in [2.75, 3.05) is 19.8 Å². The van der Waals surface area contributed by atoms with Crippen molar-refractivity contribution < 1.29 is 33.4 Å². The van der Waals surface area contributed by atoms with Crippen LogP contribution in [0, 0.1) is 5.92 Å². The molecule has 10 heteroatoms. The maximum Gasteiger partial charge on any atom is 0.407 e. The van der Waals surface area contributed by atoms with E-state index in [2.05, 4.69) is 27.8 Å². The second kappa shape index (κ2) is 9.59. The van der Waals surface area contributed by atoms with Crippen LogP contribution in [-0.4, -0.2) is 53.9 Å². The van der Waals surface area contributed by atoms with Crippen molar-refractivity contribution in [2.24, 2.45) is 5.92 Å². The molecule has 180 valence electrons. The van der Waals surface area contributed by atoms with Crippen LogP contribution in [0.1, 0.15) is 33.3 Å². The van der Waals surface area contributed by atoms with Crippen LogP contribution >= 0.6 is 0 Å². The number of benzene rings is 2. The Labute approximate surface area is 200 Å². The summed E-state index contributed by atoms with van der Waals surface area (Å²) in [5, 5.41) is 14.4. The number of oxazole rings is 1. The minimum absolute atomic E-state index is 0.0332. The van der Waals surface area contributed by atoms with Crippen LogP contribution < -0.4 is 10.6 Å². The lowest BCUT2D eigenvalue weighted by Gasteiger charge is -2.19. The van der Waals surface area contributed by atoms with E-state index in [0.29, 0.717) is 0 Å². The van der Waals surface area contributed by atoms with Gasteiger partial charge in [-0.15, -0.1) is 0 Å². The summed E-state index contributed by atoms with van der Waals surface area (Å²) in [6.07, 6.45) is 0.369. The summed E-state index contributed by atoms with van der Waals surface area (Å²) < 4.78 is 16.0. The SMILES string of the molecule is O=C(NC1COCC1C(=O)NCc1ocnc1C(=O)O)OCC1c2ccccc2-c2ccccc21. The first-order valence-electron chi connectivity index (χ1n) is 11.2. The quantitative estimate of drug-likeness (QED) is 0.472. The van der Waals surface area contributed by atoms with Crippen molar-refractivity contribution in [1.29, 1.82) is 0 Å². The molecule has 1 aliphatic carbocycles. The number of fused-ring (bicyclic) bond motifs is 3. The van der Waals surface area contributed by atoms with Crippen LogP contribution in [0.15, 0.2) is 59.3 Å². The molecule has 3 N–H and O–H groups in total. The topological polar surface area (TPSA) is 140 Å². The van der Waals surface area contributed by atoms with E-state index in [1.165, 1.54) is 0 Å². The Bertz CT molecular complexity index is 1230. The molecule has 2 amide bonds. The van der Waals surface area contributed by atoms with Gasteiger partial charge in [-0.2, -0.15) is 0 Å². The van der Waals surface area contributed by atoms with E-state index in [9.17, 15) is 14.4 Å². The Morgan fingerprint density at radius 2 is 1.71 bits per heavy atom. The van der Waals surface area contributed by atoms with Gasteiger partial charge in [-0.1, -0.05) is 48.5 Å². The number of aromatic nitrogens is 1. The van der Waals surface area contributed by atoms with Crippen molar-refractivity contribution in [3.63, 3.8) is 0 Å². The number of hydrogen-bond acceptors (Lipinski definition) is 7. The number of aromatic carboxylic acids is 1. The highest BCUT2D eigenvalue weighted by molar-refractivity contribution is 5.86. The van der Waals surface area contributed by atoms with E-state index in [4.69, 9.17) is 19.0 Å². The van der Waals surface area contributed by atoms with E-state index in [1.54, 1.807) is 0 Å². The molecule has 2 unspecified atom stereocenters. The fourth-order valence-electron chi connectivity index (χ4n) is 4.62. The highest BCUT2D eigenvalue weighted by atomic mass is 16.5. The van der Waals surface area contributed by atoms with E-state index >= 15 is 0 Å². The summed E-state index contributed by atoms with van der Waals surface area (Å²) in [4.78, 5) is 40.0. The highest BCUT2D eigenvalue weighted by Gasteiger charge is 2.36. The Hall–Kier alpha value is -4.18. The molecule has 1 aromatic heterocycles. The summed E-state index contributed by atoms with van der Waals surface area (Å²) in [5.74, 6) is -2.35. The first-order chi connectivity index (χ1) is 17.0. The molecule has 10 nitrogen and oxygen atoms in total. The second-order valence-electron chi connectivity index (χ2n) is 8.37. The first kappa shape index (κ1) is 22.6. The number of nitrogens with zero attached hydrogens (tertiary/aromatic N) is 1. The third-order valence-corrected chi connectivity index (χ3v) is 6.33. The summed E-state index contributed by atoms with van der Waals surface area (Å²) in [5.41, 5.74) is 4.22. The van der Waals surface area contributed by atoms with Gasteiger partial charge in [0.05, 0.1) is 31.7 Å². The molecule has 3 aromatic rings. The zero-order chi connectivity index (χ0) is 24.4. The van der Waals surface area contributed by atoms with Gasteiger partial charge >= 0.3 is 12.1 Å². The molecule has 35 heavy (non-hydrogen) atoms. The Morgan fingerprint density at radius 1 is 1.03 bits per heavy atom. The van der Waals surface area contributed by atoms with Crippen LogP contribution in [0.2, 0.25) is 0 Å². The van der Waals surface area contributed by atoms with E-state index in [0.717, 1.165) is 28.6 Å². The van der Waals surface area contributed by atoms with Gasteiger partial charge in [0, 0.05) is 5.92 Å². The number of carboxylic acid groups (broad SMARTS) is 1. The fraction of sp³-hybridized carbons (Fsp3) is 0.280. The van der Waals surface area contributed by atoms with Crippen LogP contribution in [0.25, 0.3) is 11.1 Å². The van der Waals surface area contributed by atoms with Gasteiger partial charge in [-0.05, 0) is 22.3 Å². The Balaban J connectivity index is 1.17. The molecule has 0 saturated carbocycles. The largest absolute Gasteiger partial charge is 0.476 e. The summed E-state index contributed by atoms with van der Waals surface area (Å²) >= 11 is 0. The monoisotopic (exact) mass is 477 g/mol.